The van der Waals surface area contributed by atoms with Crippen LogP contribution in [0.15, 0.2) is 18.2 Å². The minimum absolute atomic E-state index is 0.0319. The number of hydrogen-bond donors (Lipinski definition) is 0. The molecule has 1 unspecified atom stereocenters. The molecular formula is C11H12ClFO. The molecule has 0 aliphatic rings. The lowest BCUT2D eigenvalue weighted by Crippen LogP contribution is -2.04. The fourth-order valence-corrected chi connectivity index (χ4v) is 1.38. The third-order valence-corrected chi connectivity index (χ3v) is 2.51. The number of halogens is 2. The summed E-state index contributed by atoms with van der Waals surface area (Å²) in [6.45, 7) is 1.94. The summed E-state index contributed by atoms with van der Waals surface area (Å²) < 4.78 is 13.0. The molecular weight excluding hydrogens is 203 g/mol. The second kappa shape index (κ2) is 5.11. The van der Waals surface area contributed by atoms with E-state index >= 15 is 0 Å². The maximum atomic E-state index is 13.0. The molecule has 0 saturated heterocycles. The molecule has 1 nitrogen and oxygen atoms in total. The van der Waals surface area contributed by atoms with Gasteiger partial charge in [0.15, 0.2) is 0 Å². The summed E-state index contributed by atoms with van der Waals surface area (Å²) in [7, 11) is 0. The van der Waals surface area contributed by atoms with E-state index in [1.165, 1.54) is 12.1 Å². The zero-order valence-electron chi connectivity index (χ0n) is 7.97. The highest BCUT2D eigenvalue weighted by atomic mass is 35.5. The van der Waals surface area contributed by atoms with Gasteiger partial charge in [0.1, 0.15) is 12.1 Å². The first-order valence-corrected chi connectivity index (χ1v) is 4.94. The standard InChI is InChI=1S/C11H12ClFO/c1-2-8(7-14)5-9-3-4-10(12)11(13)6-9/h3-4,6-8H,2,5H2,1H3. The van der Waals surface area contributed by atoms with E-state index in [2.05, 4.69) is 0 Å². The van der Waals surface area contributed by atoms with Gasteiger partial charge in [0.25, 0.3) is 0 Å². The summed E-state index contributed by atoms with van der Waals surface area (Å²) in [5, 5.41) is 0.118. The van der Waals surface area contributed by atoms with Gasteiger partial charge in [-0.3, -0.25) is 0 Å². The van der Waals surface area contributed by atoms with Crippen LogP contribution in [0.5, 0.6) is 0 Å². The molecule has 0 fully saturated rings. The number of benzene rings is 1. The van der Waals surface area contributed by atoms with Gasteiger partial charge in [-0.05, 0) is 30.5 Å². The molecule has 0 spiro atoms. The minimum atomic E-state index is -0.426. The fourth-order valence-electron chi connectivity index (χ4n) is 1.26. The maximum Gasteiger partial charge on any atom is 0.142 e. The molecule has 1 rings (SSSR count). The highest BCUT2D eigenvalue weighted by molar-refractivity contribution is 6.30. The largest absolute Gasteiger partial charge is 0.303 e. The van der Waals surface area contributed by atoms with Gasteiger partial charge in [0, 0.05) is 5.92 Å². The Hall–Kier alpha value is -0.890. The third-order valence-electron chi connectivity index (χ3n) is 2.20. The Morgan fingerprint density at radius 3 is 2.79 bits per heavy atom. The Balaban J connectivity index is 2.76. The van der Waals surface area contributed by atoms with E-state index in [9.17, 15) is 9.18 Å². The molecule has 0 amide bonds. The zero-order chi connectivity index (χ0) is 10.6. The normalized spacial score (nSPS) is 12.5. The van der Waals surface area contributed by atoms with Gasteiger partial charge in [-0.2, -0.15) is 0 Å². The van der Waals surface area contributed by atoms with Crippen molar-refractivity contribution >= 4 is 17.9 Å². The van der Waals surface area contributed by atoms with Crippen LogP contribution in [0.3, 0.4) is 0 Å². The molecule has 0 bridgehead atoms. The van der Waals surface area contributed by atoms with Crippen LogP contribution in [0, 0.1) is 11.7 Å². The van der Waals surface area contributed by atoms with Crippen LogP contribution in [0.2, 0.25) is 5.02 Å². The quantitative estimate of drug-likeness (QED) is 0.704. The van der Waals surface area contributed by atoms with Gasteiger partial charge in [-0.1, -0.05) is 24.6 Å². The Bertz CT molecular complexity index is 325. The Morgan fingerprint density at radius 2 is 2.29 bits per heavy atom. The van der Waals surface area contributed by atoms with Crippen LogP contribution in [-0.2, 0) is 11.2 Å². The summed E-state index contributed by atoms with van der Waals surface area (Å²) in [6.07, 6.45) is 2.26. The SMILES string of the molecule is CCC(C=O)Cc1ccc(Cl)c(F)c1. The van der Waals surface area contributed by atoms with Crippen LogP contribution in [0.1, 0.15) is 18.9 Å². The molecule has 0 aromatic heterocycles. The Morgan fingerprint density at radius 1 is 1.57 bits per heavy atom. The molecule has 3 heteroatoms. The summed E-state index contributed by atoms with van der Waals surface area (Å²) in [4.78, 5) is 10.6. The topological polar surface area (TPSA) is 17.1 Å². The number of carbonyl (C=O) groups excluding carboxylic acids is 1. The lowest BCUT2D eigenvalue weighted by molar-refractivity contribution is -0.111. The van der Waals surface area contributed by atoms with Gasteiger partial charge in [0.05, 0.1) is 5.02 Å². The summed E-state index contributed by atoms with van der Waals surface area (Å²) >= 11 is 5.54. The first kappa shape index (κ1) is 11.2. The lowest BCUT2D eigenvalue weighted by Gasteiger charge is -2.07. The third kappa shape index (κ3) is 2.81. The average Bonchev–Trinajstić information content (AvgIpc) is 2.19. The van der Waals surface area contributed by atoms with Crippen molar-refractivity contribution in [2.24, 2.45) is 5.92 Å². The number of rotatable bonds is 4. The van der Waals surface area contributed by atoms with Crippen molar-refractivity contribution < 1.29 is 9.18 Å². The molecule has 1 aromatic rings. The first-order valence-electron chi connectivity index (χ1n) is 4.56. The summed E-state index contributed by atoms with van der Waals surface area (Å²) in [5.41, 5.74) is 0.811. The van der Waals surface area contributed by atoms with Crippen molar-refractivity contribution in [3.8, 4) is 0 Å². The van der Waals surface area contributed by atoms with E-state index < -0.39 is 5.82 Å². The van der Waals surface area contributed by atoms with Crippen molar-refractivity contribution in [1.29, 1.82) is 0 Å². The predicted octanol–water partition coefficient (Wildman–Crippen LogP) is 3.25. The van der Waals surface area contributed by atoms with Crippen molar-refractivity contribution in [3.63, 3.8) is 0 Å². The van der Waals surface area contributed by atoms with Gasteiger partial charge < -0.3 is 4.79 Å². The summed E-state index contributed by atoms with van der Waals surface area (Å²) in [6, 6.07) is 4.65. The van der Waals surface area contributed by atoms with E-state index in [1.54, 1.807) is 6.07 Å². The molecule has 14 heavy (non-hydrogen) atoms. The van der Waals surface area contributed by atoms with Gasteiger partial charge in [0.2, 0.25) is 0 Å². The number of carbonyl (C=O) groups is 1. The molecule has 0 saturated carbocycles. The monoisotopic (exact) mass is 214 g/mol. The maximum absolute atomic E-state index is 13.0. The highest BCUT2D eigenvalue weighted by Crippen LogP contribution is 2.18. The second-order valence-electron chi connectivity index (χ2n) is 3.26. The average molecular weight is 215 g/mol. The summed E-state index contributed by atoms with van der Waals surface area (Å²) in [5.74, 6) is -0.458. The van der Waals surface area contributed by atoms with Crippen LogP contribution in [-0.4, -0.2) is 6.29 Å². The molecule has 0 aliphatic heterocycles. The molecule has 0 N–H and O–H groups in total. The highest BCUT2D eigenvalue weighted by Gasteiger charge is 2.07. The van der Waals surface area contributed by atoms with Crippen LogP contribution in [0.4, 0.5) is 4.39 Å². The van der Waals surface area contributed by atoms with E-state index in [4.69, 9.17) is 11.6 Å². The van der Waals surface area contributed by atoms with E-state index in [0.717, 1.165) is 18.3 Å². The van der Waals surface area contributed by atoms with Crippen molar-refractivity contribution in [3.05, 3.63) is 34.6 Å². The number of hydrogen-bond acceptors (Lipinski definition) is 1. The molecule has 0 heterocycles. The van der Waals surface area contributed by atoms with Crippen molar-refractivity contribution in [1.82, 2.24) is 0 Å². The Labute approximate surface area is 87.9 Å². The first-order chi connectivity index (χ1) is 6.67. The molecule has 1 atom stereocenters. The van der Waals surface area contributed by atoms with Gasteiger partial charge >= 0.3 is 0 Å². The molecule has 0 aliphatic carbocycles. The Kier molecular flexibility index (Phi) is 4.08. The van der Waals surface area contributed by atoms with Crippen LogP contribution >= 0.6 is 11.6 Å². The predicted molar refractivity (Wildman–Crippen MR) is 55.0 cm³/mol. The molecule has 76 valence electrons. The minimum Gasteiger partial charge on any atom is -0.303 e. The number of aldehydes is 1. The van der Waals surface area contributed by atoms with Crippen molar-refractivity contribution in [2.45, 2.75) is 19.8 Å². The van der Waals surface area contributed by atoms with Gasteiger partial charge in [-0.15, -0.1) is 0 Å². The smallest absolute Gasteiger partial charge is 0.142 e. The van der Waals surface area contributed by atoms with Crippen LogP contribution < -0.4 is 0 Å². The molecule has 0 radical (unpaired) electrons. The van der Waals surface area contributed by atoms with E-state index in [1.807, 2.05) is 6.92 Å². The molecule has 1 aromatic carbocycles. The lowest BCUT2D eigenvalue weighted by atomic mass is 9.98. The fraction of sp³-hybridized carbons (Fsp3) is 0.364. The van der Waals surface area contributed by atoms with Crippen molar-refractivity contribution in [2.75, 3.05) is 0 Å². The zero-order valence-corrected chi connectivity index (χ0v) is 8.72. The van der Waals surface area contributed by atoms with E-state index in [0.29, 0.717) is 6.42 Å². The van der Waals surface area contributed by atoms with Gasteiger partial charge in [-0.25, -0.2) is 4.39 Å². The van der Waals surface area contributed by atoms with E-state index in [-0.39, 0.29) is 10.9 Å². The second-order valence-corrected chi connectivity index (χ2v) is 3.66. The van der Waals surface area contributed by atoms with Crippen LogP contribution in [0.25, 0.3) is 0 Å².